The first-order valence-electron chi connectivity index (χ1n) is 6.64. The highest BCUT2D eigenvalue weighted by molar-refractivity contribution is 9.09. The average Bonchev–Trinajstić information content (AvgIpc) is 2.77. The second-order valence-corrected chi connectivity index (χ2v) is 5.63. The van der Waals surface area contributed by atoms with E-state index in [1.54, 1.807) is 0 Å². The lowest BCUT2D eigenvalue weighted by Gasteiger charge is -2.16. The van der Waals surface area contributed by atoms with Gasteiger partial charge in [-0.25, -0.2) is 0 Å². The van der Waals surface area contributed by atoms with Crippen LogP contribution in [0.3, 0.4) is 0 Å². The average molecular weight is 310 g/mol. The molecule has 2 nitrogen and oxygen atoms in total. The van der Waals surface area contributed by atoms with Gasteiger partial charge >= 0.3 is 0 Å². The van der Waals surface area contributed by atoms with Crippen molar-refractivity contribution in [2.75, 3.05) is 18.4 Å². The molecule has 1 aliphatic rings. The van der Waals surface area contributed by atoms with Crippen molar-refractivity contribution in [2.24, 2.45) is 5.92 Å². The normalized spacial score (nSPS) is 19.6. The summed E-state index contributed by atoms with van der Waals surface area (Å²) in [7, 11) is 0. The molecule has 1 amide bonds. The molecule has 0 spiro atoms. The smallest absolute Gasteiger partial charge is 0.222 e. The third-order valence-corrected chi connectivity index (χ3v) is 4.53. The maximum atomic E-state index is 11.8. The first kappa shape index (κ1) is 13.6. The second-order valence-electron chi connectivity index (χ2n) is 4.98. The van der Waals surface area contributed by atoms with Crippen LogP contribution in [-0.4, -0.2) is 29.2 Å². The van der Waals surface area contributed by atoms with Crippen LogP contribution in [0.2, 0.25) is 0 Å². The summed E-state index contributed by atoms with van der Waals surface area (Å²) in [4.78, 5) is 13.8. The first-order valence-corrected chi connectivity index (χ1v) is 7.76. The molecule has 0 radical (unpaired) electrons. The Morgan fingerprint density at radius 1 is 1.28 bits per heavy atom. The summed E-state index contributed by atoms with van der Waals surface area (Å²) in [5, 5.41) is 0.931. The summed E-state index contributed by atoms with van der Waals surface area (Å²) in [6, 6.07) is 8.73. The largest absolute Gasteiger partial charge is 0.342 e. The van der Waals surface area contributed by atoms with Gasteiger partial charge in [-0.15, -0.1) is 0 Å². The molecule has 1 aromatic carbocycles. The molecule has 98 valence electrons. The Labute approximate surface area is 117 Å². The first-order chi connectivity index (χ1) is 8.72. The van der Waals surface area contributed by atoms with Crippen LogP contribution in [0.1, 0.15) is 24.5 Å². The Kier molecular flexibility index (Phi) is 4.81. The molecule has 0 saturated carbocycles. The highest BCUT2D eigenvalue weighted by Gasteiger charge is 2.28. The van der Waals surface area contributed by atoms with Crippen LogP contribution in [0.4, 0.5) is 0 Å². The predicted molar refractivity (Wildman–Crippen MR) is 78.0 cm³/mol. The zero-order chi connectivity index (χ0) is 13.0. The summed E-state index contributed by atoms with van der Waals surface area (Å²) >= 11 is 3.46. The maximum Gasteiger partial charge on any atom is 0.222 e. The number of carbonyl (C=O) groups is 1. The highest BCUT2D eigenvalue weighted by atomic mass is 79.9. The summed E-state index contributed by atoms with van der Waals surface area (Å²) in [6.07, 6.45) is 2.75. The molecule has 3 heteroatoms. The zero-order valence-corrected chi connectivity index (χ0v) is 12.4. The summed E-state index contributed by atoms with van der Waals surface area (Å²) in [5.41, 5.74) is 2.69. The van der Waals surface area contributed by atoms with E-state index in [-0.39, 0.29) is 0 Å². The van der Waals surface area contributed by atoms with Crippen LogP contribution in [0.25, 0.3) is 0 Å². The molecule has 1 aromatic rings. The van der Waals surface area contributed by atoms with Gasteiger partial charge in [0.25, 0.3) is 0 Å². The number of nitrogens with zero attached hydrogens (tertiary/aromatic N) is 1. The minimum atomic E-state index is 0.310. The number of hydrogen-bond donors (Lipinski definition) is 0. The molecule has 0 aromatic heterocycles. The molecule has 1 atom stereocenters. The van der Waals surface area contributed by atoms with Gasteiger partial charge in [0.1, 0.15) is 0 Å². The molecule has 1 unspecified atom stereocenters. The molecule has 0 bridgehead atoms. The Bertz CT molecular complexity index is 401. The summed E-state index contributed by atoms with van der Waals surface area (Å²) < 4.78 is 0. The number of benzene rings is 1. The Morgan fingerprint density at radius 2 is 1.94 bits per heavy atom. The lowest BCUT2D eigenvalue weighted by atomic mass is 10.1. The Balaban J connectivity index is 1.85. The topological polar surface area (TPSA) is 20.3 Å². The van der Waals surface area contributed by atoms with Gasteiger partial charge in [-0.2, -0.15) is 0 Å². The van der Waals surface area contributed by atoms with E-state index >= 15 is 0 Å². The van der Waals surface area contributed by atoms with E-state index in [0.29, 0.717) is 18.2 Å². The summed E-state index contributed by atoms with van der Waals surface area (Å²) in [5.74, 6) is 0.810. The minimum Gasteiger partial charge on any atom is -0.342 e. The number of hydrogen-bond acceptors (Lipinski definition) is 1. The van der Waals surface area contributed by atoms with Crippen LogP contribution in [-0.2, 0) is 17.6 Å². The third kappa shape index (κ3) is 3.35. The van der Waals surface area contributed by atoms with Gasteiger partial charge in [0.2, 0.25) is 5.91 Å². The van der Waals surface area contributed by atoms with Crippen LogP contribution in [0, 0.1) is 5.92 Å². The number of rotatable bonds is 5. The van der Waals surface area contributed by atoms with E-state index in [9.17, 15) is 4.79 Å². The number of amides is 1. The predicted octanol–water partition coefficient (Wildman–Crippen LogP) is 3.03. The Hall–Kier alpha value is -0.830. The van der Waals surface area contributed by atoms with Gasteiger partial charge < -0.3 is 4.90 Å². The lowest BCUT2D eigenvalue weighted by molar-refractivity contribution is -0.127. The van der Waals surface area contributed by atoms with E-state index < -0.39 is 0 Å². The summed E-state index contributed by atoms with van der Waals surface area (Å²) in [6.45, 7) is 3.93. The Morgan fingerprint density at radius 3 is 2.50 bits per heavy atom. The van der Waals surface area contributed by atoms with Gasteiger partial charge in [-0.3, -0.25) is 4.79 Å². The lowest BCUT2D eigenvalue weighted by Crippen LogP contribution is -2.27. The number of likely N-dealkylation sites (tertiary alicyclic amines) is 1. The fraction of sp³-hybridized carbons (Fsp3) is 0.533. The quantitative estimate of drug-likeness (QED) is 0.766. The maximum absolute atomic E-state index is 11.8. The van der Waals surface area contributed by atoms with Crippen molar-refractivity contribution in [3.63, 3.8) is 0 Å². The van der Waals surface area contributed by atoms with Gasteiger partial charge in [0.05, 0.1) is 0 Å². The molecule has 1 aliphatic heterocycles. The van der Waals surface area contributed by atoms with E-state index in [1.807, 2.05) is 4.90 Å². The minimum absolute atomic E-state index is 0.310. The standard InChI is InChI=1S/C15H20BrNO/c1-2-12-3-5-13(6-4-12)7-8-17-11-14(10-16)9-15(17)18/h3-6,14H,2,7-11H2,1H3. The fourth-order valence-corrected chi connectivity index (χ4v) is 2.81. The highest BCUT2D eigenvalue weighted by Crippen LogP contribution is 2.19. The van der Waals surface area contributed by atoms with E-state index in [1.165, 1.54) is 11.1 Å². The van der Waals surface area contributed by atoms with Crippen molar-refractivity contribution in [1.29, 1.82) is 0 Å². The van der Waals surface area contributed by atoms with Gasteiger partial charge in [0, 0.05) is 24.8 Å². The molecule has 1 heterocycles. The van der Waals surface area contributed by atoms with E-state index in [4.69, 9.17) is 0 Å². The zero-order valence-electron chi connectivity index (χ0n) is 10.9. The number of halogens is 1. The van der Waals surface area contributed by atoms with Crippen molar-refractivity contribution in [3.05, 3.63) is 35.4 Å². The van der Waals surface area contributed by atoms with E-state index in [0.717, 1.165) is 31.3 Å². The van der Waals surface area contributed by atoms with Crippen molar-refractivity contribution >= 4 is 21.8 Å². The van der Waals surface area contributed by atoms with Gasteiger partial charge in [-0.1, -0.05) is 47.1 Å². The van der Waals surface area contributed by atoms with E-state index in [2.05, 4.69) is 47.1 Å². The SMILES string of the molecule is CCc1ccc(CCN2CC(CBr)CC2=O)cc1. The van der Waals surface area contributed by atoms with Crippen molar-refractivity contribution < 1.29 is 4.79 Å². The molecule has 0 aliphatic carbocycles. The van der Waals surface area contributed by atoms with Crippen LogP contribution in [0.5, 0.6) is 0 Å². The van der Waals surface area contributed by atoms with Crippen LogP contribution >= 0.6 is 15.9 Å². The molecule has 1 saturated heterocycles. The molecular formula is C15H20BrNO. The molecule has 2 rings (SSSR count). The molecule has 0 N–H and O–H groups in total. The van der Waals surface area contributed by atoms with Crippen molar-refractivity contribution in [2.45, 2.75) is 26.2 Å². The molecular weight excluding hydrogens is 290 g/mol. The second kappa shape index (κ2) is 6.37. The van der Waals surface area contributed by atoms with Crippen LogP contribution < -0.4 is 0 Å². The molecule has 1 fully saturated rings. The third-order valence-electron chi connectivity index (χ3n) is 3.61. The van der Waals surface area contributed by atoms with Crippen molar-refractivity contribution in [3.8, 4) is 0 Å². The number of aryl methyl sites for hydroxylation is 1. The monoisotopic (exact) mass is 309 g/mol. The molecule has 18 heavy (non-hydrogen) atoms. The fourth-order valence-electron chi connectivity index (χ4n) is 2.38. The van der Waals surface area contributed by atoms with Crippen molar-refractivity contribution in [1.82, 2.24) is 4.90 Å². The number of alkyl halides is 1. The number of carbonyl (C=O) groups excluding carboxylic acids is 1. The van der Waals surface area contributed by atoms with Gasteiger partial charge in [0.15, 0.2) is 0 Å². The van der Waals surface area contributed by atoms with Crippen LogP contribution in [0.15, 0.2) is 24.3 Å². The van der Waals surface area contributed by atoms with Gasteiger partial charge in [-0.05, 0) is 29.9 Å².